The van der Waals surface area contributed by atoms with E-state index in [9.17, 15) is 8.78 Å². The first-order valence-electron chi connectivity index (χ1n) is 8.28. The van der Waals surface area contributed by atoms with Crippen LogP contribution in [0.2, 0.25) is 0 Å². The van der Waals surface area contributed by atoms with Crippen LogP contribution < -0.4 is 10.1 Å². The third-order valence-corrected chi connectivity index (χ3v) is 4.24. The Labute approximate surface area is 141 Å². The summed E-state index contributed by atoms with van der Waals surface area (Å²) >= 11 is 0. The quantitative estimate of drug-likeness (QED) is 0.863. The molecule has 1 heterocycles. The van der Waals surface area contributed by atoms with Gasteiger partial charge in [-0.25, -0.2) is 8.78 Å². The Bertz CT molecular complexity index is 613. The summed E-state index contributed by atoms with van der Waals surface area (Å²) in [5.74, 6) is 1.47. The van der Waals surface area contributed by atoms with Crippen LogP contribution in [0.4, 0.5) is 8.78 Å². The van der Waals surface area contributed by atoms with Gasteiger partial charge < -0.3 is 10.1 Å². The molecule has 0 radical (unpaired) electrons. The number of piperazine rings is 1. The Morgan fingerprint density at radius 1 is 0.917 bits per heavy atom. The van der Waals surface area contributed by atoms with Crippen LogP contribution >= 0.6 is 0 Å². The second kappa shape index (κ2) is 8.22. The minimum absolute atomic E-state index is 0.140. The van der Waals surface area contributed by atoms with Crippen molar-refractivity contribution >= 4 is 0 Å². The number of alkyl halides is 2. The molecule has 0 saturated carbocycles. The van der Waals surface area contributed by atoms with Gasteiger partial charge in [-0.2, -0.15) is 0 Å². The monoisotopic (exact) mass is 332 g/mol. The van der Waals surface area contributed by atoms with E-state index in [1.807, 2.05) is 54.6 Å². The molecule has 0 bridgehead atoms. The molecule has 1 aliphatic rings. The minimum Gasteiger partial charge on any atom is -0.457 e. The third-order valence-electron chi connectivity index (χ3n) is 4.24. The number of rotatable bonds is 6. The highest BCUT2D eigenvalue weighted by atomic mass is 19.3. The van der Waals surface area contributed by atoms with Crippen LogP contribution in [-0.4, -0.2) is 37.5 Å². The maximum Gasteiger partial charge on any atom is 0.240 e. The van der Waals surface area contributed by atoms with E-state index in [1.54, 1.807) is 0 Å². The lowest BCUT2D eigenvalue weighted by Crippen LogP contribution is -2.45. The molecule has 128 valence electrons. The zero-order chi connectivity index (χ0) is 16.8. The number of para-hydroxylation sites is 1. The Morgan fingerprint density at radius 2 is 1.54 bits per heavy atom. The Balaban J connectivity index is 1.73. The van der Waals surface area contributed by atoms with Gasteiger partial charge >= 0.3 is 0 Å². The summed E-state index contributed by atoms with van der Waals surface area (Å²) in [5, 5.41) is 3.26. The van der Waals surface area contributed by atoms with E-state index in [0.717, 1.165) is 37.5 Å². The van der Waals surface area contributed by atoms with E-state index in [2.05, 4.69) is 10.2 Å². The number of nitrogens with zero attached hydrogens (tertiary/aromatic N) is 1. The van der Waals surface area contributed by atoms with Crippen LogP contribution in [-0.2, 0) is 0 Å². The highest BCUT2D eigenvalue weighted by molar-refractivity contribution is 5.34. The average molecular weight is 332 g/mol. The van der Waals surface area contributed by atoms with Crippen LogP contribution in [0, 0.1) is 0 Å². The fourth-order valence-electron chi connectivity index (χ4n) is 3.04. The molecule has 1 fully saturated rings. The van der Waals surface area contributed by atoms with Crippen molar-refractivity contribution in [1.29, 1.82) is 0 Å². The van der Waals surface area contributed by atoms with Gasteiger partial charge in [-0.3, -0.25) is 4.90 Å². The first-order chi connectivity index (χ1) is 11.7. The summed E-state index contributed by atoms with van der Waals surface area (Å²) in [6.45, 7) is 3.27. The van der Waals surface area contributed by atoms with Crippen molar-refractivity contribution in [3.8, 4) is 11.5 Å². The zero-order valence-corrected chi connectivity index (χ0v) is 13.5. The number of ether oxygens (including phenoxy) is 1. The number of halogens is 2. The minimum atomic E-state index is -2.31. The van der Waals surface area contributed by atoms with E-state index >= 15 is 0 Å². The molecule has 1 saturated heterocycles. The number of hydrogen-bond acceptors (Lipinski definition) is 3. The summed E-state index contributed by atoms with van der Waals surface area (Å²) in [6.07, 6.45) is -2.45. The van der Waals surface area contributed by atoms with Crippen molar-refractivity contribution in [1.82, 2.24) is 10.2 Å². The SMILES string of the molecule is FC(F)C[C@H](c1ccc(Oc2ccccc2)cc1)N1CCNCC1. The molecule has 0 spiro atoms. The van der Waals surface area contributed by atoms with Gasteiger partial charge in [0.05, 0.1) is 0 Å². The van der Waals surface area contributed by atoms with E-state index in [4.69, 9.17) is 4.74 Å². The topological polar surface area (TPSA) is 24.5 Å². The summed E-state index contributed by atoms with van der Waals surface area (Å²) < 4.78 is 31.8. The molecular weight excluding hydrogens is 310 g/mol. The van der Waals surface area contributed by atoms with Gasteiger partial charge in [0.1, 0.15) is 11.5 Å². The van der Waals surface area contributed by atoms with Crippen molar-refractivity contribution in [2.45, 2.75) is 18.9 Å². The molecule has 2 aromatic rings. The fraction of sp³-hybridized carbons (Fsp3) is 0.368. The molecule has 0 unspecified atom stereocenters. The second-order valence-electron chi connectivity index (χ2n) is 5.91. The summed E-state index contributed by atoms with van der Waals surface area (Å²) in [6, 6.07) is 16.8. The molecule has 24 heavy (non-hydrogen) atoms. The highest BCUT2D eigenvalue weighted by Crippen LogP contribution is 2.30. The molecule has 3 rings (SSSR count). The Hall–Kier alpha value is -1.98. The van der Waals surface area contributed by atoms with Gasteiger partial charge in [0.15, 0.2) is 0 Å². The molecule has 1 N–H and O–H groups in total. The maximum atomic E-state index is 13.0. The van der Waals surface area contributed by atoms with Crippen molar-refractivity contribution in [3.05, 3.63) is 60.2 Å². The van der Waals surface area contributed by atoms with E-state index in [0.29, 0.717) is 5.75 Å². The maximum absolute atomic E-state index is 13.0. The molecule has 1 atom stereocenters. The van der Waals surface area contributed by atoms with Crippen LogP contribution in [0.25, 0.3) is 0 Å². The summed E-state index contributed by atoms with van der Waals surface area (Å²) in [7, 11) is 0. The number of benzene rings is 2. The largest absolute Gasteiger partial charge is 0.457 e. The van der Waals surface area contributed by atoms with Crippen LogP contribution in [0.15, 0.2) is 54.6 Å². The summed E-state index contributed by atoms with van der Waals surface area (Å²) in [5.41, 5.74) is 0.914. The predicted octanol–water partition coefficient (Wildman–Crippen LogP) is 4.08. The van der Waals surface area contributed by atoms with Gasteiger partial charge in [-0.15, -0.1) is 0 Å². The van der Waals surface area contributed by atoms with Crippen molar-refractivity contribution in [2.75, 3.05) is 26.2 Å². The van der Waals surface area contributed by atoms with Gasteiger partial charge in [0, 0.05) is 38.6 Å². The molecule has 0 aromatic heterocycles. The third kappa shape index (κ3) is 4.52. The standard InChI is InChI=1S/C19H22F2N2O/c20-19(21)14-18(23-12-10-22-11-13-23)15-6-8-17(9-7-15)24-16-4-2-1-3-5-16/h1-9,18-19,22H,10-14H2/t18-/m1/s1. The Kier molecular flexibility index (Phi) is 5.77. The lowest BCUT2D eigenvalue weighted by Gasteiger charge is -2.35. The van der Waals surface area contributed by atoms with Gasteiger partial charge in [0.2, 0.25) is 6.43 Å². The molecule has 1 aliphatic heterocycles. The molecule has 0 amide bonds. The lowest BCUT2D eigenvalue weighted by atomic mass is 10.0. The first-order valence-corrected chi connectivity index (χ1v) is 8.28. The second-order valence-corrected chi connectivity index (χ2v) is 5.91. The van der Waals surface area contributed by atoms with Crippen LogP contribution in [0.1, 0.15) is 18.0 Å². The van der Waals surface area contributed by atoms with E-state index < -0.39 is 6.43 Å². The van der Waals surface area contributed by atoms with Crippen molar-refractivity contribution < 1.29 is 13.5 Å². The van der Waals surface area contributed by atoms with Crippen LogP contribution in [0.5, 0.6) is 11.5 Å². The zero-order valence-electron chi connectivity index (χ0n) is 13.5. The van der Waals surface area contributed by atoms with Crippen molar-refractivity contribution in [3.63, 3.8) is 0 Å². The normalized spacial score (nSPS) is 17.0. The lowest BCUT2D eigenvalue weighted by molar-refractivity contribution is 0.0739. The first kappa shape index (κ1) is 16.9. The highest BCUT2D eigenvalue weighted by Gasteiger charge is 2.25. The molecular formula is C19H22F2N2O. The predicted molar refractivity (Wildman–Crippen MR) is 90.8 cm³/mol. The molecule has 2 aromatic carbocycles. The Morgan fingerprint density at radius 3 is 2.17 bits per heavy atom. The molecule has 3 nitrogen and oxygen atoms in total. The smallest absolute Gasteiger partial charge is 0.240 e. The van der Waals surface area contributed by atoms with E-state index in [1.165, 1.54) is 0 Å². The van der Waals surface area contributed by atoms with Gasteiger partial charge in [-0.05, 0) is 29.8 Å². The van der Waals surface area contributed by atoms with Gasteiger partial charge in [0.25, 0.3) is 0 Å². The average Bonchev–Trinajstić information content (AvgIpc) is 2.62. The summed E-state index contributed by atoms with van der Waals surface area (Å²) in [4.78, 5) is 2.13. The fourth-order valence-corrected chi connectivity index (χ4v) is 3.04. The van der Waals surface area contributed by atoms with E-state index in [-0.39, 0.29) is 12.5 Å². The van der Waals surface area contributed by atoms with Gasteiger partial charge in [-0.1, -0.05) is 30.3 Å². The number of nitrogens with one attached hydrogen (secondary N) is 1. The van der Waals surface area contributed by atoms with Crippen molar-refractivity contribution in [2.24, 2.45) is 0 Å². The van der Waals surface area contributed by atoms with Crippen LogP contribution in [0.3, 0.4) is 0 Å². The molecule has 0 aliphatic carbocycles. The number of hydrogen-bond donors (Lipinski definition) is 1. The molecule has 5 heteroatoms.